The van der Waals surface area contributed by atoms with Gasteiger partial charge in [-0.1, -0.05) is 36.4 Å². The maximum absolute atomic E-state index is 13.4. The normalized spacial score (nSPS) is 15.9. The van der Waals surface area contributed by atoms with Crippen LogP contribution in [0, 0.1) is 6.92 Å². The average molecular weight is 494 g/mol. The number of nitrogens with one attached hydrogen (secondary N) is 1. The zero-order valence-electron chi connectivity index (χ0n) is 20.1. The summed E-state index contributed by atoms with van der Waals surface area (Å²) >= 11 is 0. The Morgan fingerprint density at radius 3 is 2.50 bits per heavy atom. The fraction of sp³-hybridized carbons (Fsp3) is 0.310. The van der Waals surface area contributed by atoms with Crippen molar-refractivity contribution in [3.8, 4) is 22.6 Å². The van der Waals surface area contributed by atoms with Gasteiger partial charge in [0, 0.05) is 22.8 Å². The van der Waals surface area contributed by atoms with Gasteiger partial charge in [0.1, 0.15) is 5.78 Å². The summed E-state index contributed by atoms with van der Waals surface area (Å²) in [4.78, 5) is 25.7. The Hall–Kier alpha value is -3.68. The second kappa shape index (κ2) is 9.76. The molecule has 1 saturated carbocycles. The molecule has 1 aliphatic heterocycles. The highest BCUT2D eigenvalue weighted by molar-refractivity contribution is 5.96. The van der Waals surface area contributed by atoms with Gasteiger partial charge in [0.25, 0.3) is 5.91 Å². The monoisotopic (exact) mass is 493 g/mol. The van der Waals surface area contributed by atoms with Crippen LogP contribution in [0.15, 0.2) is 60.7 Å². The van der Waals surface area contributed by atoms with Crippen LogP contribution in [0.4, 0.5) is 0 Å². The quantitative estimate of drug-likeness (QED) is 0.415. The van der Waals surface area contributed by atoms with E-state index in [-0.39, 0.29) is 29.3 Å². The number of aryl methyl sites for hydroxylation is 1. The van der Waals surface area contributed by atoms with Crippen molar-refractivity contribution < 1.29 is 33.6 Å². The van der Waals surface area contributed by atoms with E-state index >= 15 is 0 Å². The van der Waals surface area contributed by atoms with Crippen molar-refractivity contribution in [2.24, 2.45) is 0 Å². The van der Waals surface area contributed by atoms with Gasteiger partial charge in [-0.2, -0.15) is 0 Å². The van der Waals surface area contributed by atoms with Crippen molar-refractivity contribution in [1.29, 1.82) is 0 Å². The second-order valence-electron chi connectivity index (χ2n) is 9.52. The van der Waals surface area contributed by atoms with Gasteiger partial charge >= 0.3 is 0 Å². The molecule has 0 radical (unpaired) electrons. The number of rotatable bonds is 9. The maximum atomic E-state index is 13.4. The highest BCUT2D eigenvalue weighted by Crippen LogP contribution is 2.51. The lowest BCUT2D eigenvalue weighted by molar-refractivity contribution is -0.120. The Morgan fingerprint density at radius 2 is 1.78 bits per heavy atom. The first-order valence-corrected chi connectivity index (χ1v) is 12.1. The first-order valence-electron chi connectivity index (χ1n) is 12.1. The van der Waals surface area contributed by atoms with Crippen molar-refractivity contribution in [3.05, 3.63) is 82.9 Å². The lowest BCUT2D eigenvalue weighted by Gasteiger charge is -2.16. The smallest absolute Gasteiger partial charge is 0.251 e. The Morgan fingerprint density at radius 1 is 1.03 bits per heavy atom. The number of aliphatic hydroxyl groups is 2. The number of aliphatic hydroxyl groups excluding tert-OH is 2. The average Bonchev–Trinajstić information content (AvgIpc) is 3.59. The van der Waals surface area contributed by atoms with Crippen LogP contribution < -0.4 is 14.8 Å². The Kier molecular flexibility index (Phi) is 6.51. The molecule has 0 unspecified atom stereocenters. The predicted octanol–water partition coefficient (Wildman–Crippen LogP) is 4.06. The number of hydrogen-bond donors (Lipinski definition) is 3. The summed E-state index contributed by atoms with van der Waals surface area (Å²) in [5.41, 5.74) is 4.99. The summed E-state index contributed by atoms with van der Waals surface area (Å²) in [5, 5.41) is 20.9. The number of benzene rings is 3. The molecule has 1 aliphatic carbocycles. The van der Waals surface area contributed by atoms with Crippen LogP contribution in [-0.4, -0.2) is 48.0 Å². The topological polar surface area (TPSA) is 105 Å². The van der Waals surface area contributed by atoms with Crippen molar-refractivity contribution in [2.45, 2.75) is 37.7 Å². The van der Waals surface area contributed by atoms with Crippen LogP contribution in [0.25, 0.3) is 11.1 Å². The van der Waals surface area contributed by atoms with E-state index in [1.807, 2.05) is 49.4 Å². The second-order valence-corrected chi connectivity index (χ2v) is 9.52. The fourth-order valence-corrected chi connectivity index (χ4v) is 4.67. The van der Waals surface area contributed by atoms with E-state index in [2.05, 4.69) is 11.4 Å². The van der Waals surface area contributed by atoms with E-state index in [0.717, 1.165) is 46.4 Å². The molecule has 5 rings (SSSR count). The lowest BCUT2D eigenvalue weighted by atomic mass is 9.87. The summed E-state index contributed by atoms with van der Waals surface area (Å²) < 4.78 is 10.9. The zero-order valence-corrected chi connectivity index (χ0v) is 20.1. The third-order valence-electron chi connectivity index (χ3n) is 7.04. The van der Waals surface area contributed by atoms with Crippen molar-refractivity contribution >= 4 is 11.7 Å². The molecule has 3 aromatic rings. The molecule has 7 nitrogen and oxygen atoms in total. The molecule has 2 aliphatic rings. The summed E-state index contributed by atoms with van der Waals surface area (Å²) in [5.74, 6) is 1.30. The Labute approximate surface area is 214 Å². The maximum Gasteiger partial charge on any atom is 0.251 e. The fourth-order valence-electron chi connectivity index (χ4n) is 4.67. The molecule has 3 aromatic carbocycles. The van der Waals surface area contributed by atoms with Crippen LogP contribution >= 0.6 is 0 Å². The van der Waals surface area contributed by atoms with Gasteiger partial charge in [-0.05, 0) is 71.8 Å². The van der Waals surface area contributed by atoms with Gasteiger partial charge in [-0.15, -0.1) is 0 Å². The molecule has 0 bridgehead atoms. The number of carbonyl (C=O) groups excluding carboxylic acids is 2. The van der Waals surface area contributed by atoms with Crippen LogP contribution in [0.1, 0.15) is 44.2 Å². The molecule has 1 heterocycles. The Balaban J connectivity index is 0.00000178. The van der Waals surface area contributed by atoms with E-state index < -0.39 is 18.1 Å². The molecular weight excluding hydrogens is 458 g/mol. The summed E-state index contributed by atoms with van der Waals surface area (Å²) in [6.07, 6.45) is 1.03. The van der Waals surface area contributed by atoms with E-state index in [1.54, 1.807) is 12.1 Å². The number of amides is 1. The SMILES string of the molecule is Cc1ccc(CC(=O)C2(c3ccc4c(c3)OCO4)CC2)cc1-c1ccc(C(=O)NC[C@H](O)CO)cc1.[HH].[HH].[HH]. The molecule has 192 valence electrons. The molecule has 3 N–H and O–H groups in total. The van der Waals surface area contributed by atoms with Gasteiger partial charge in [0.15, 0.2) is 11.5 Å². The van der Waals surface area contributed by atoms with Gasteiger partial charge in [-0.3, -0.25) is 9.59 Å². The standard InChI is InChI=1S/C29H29NO6.3H2/c1-18-2-3-19(12-24(18)20-4-6-21(7-5-20)28(34)30-15-23(32)16-31)13-27(33)29(10-11-29)22-8-9-25-26(14-22)36-17-35-25;;;/h2-9,12,14,23,31-32H,10-11,13,15-17H2,1H3,(H,30,34);3*1H/t23-;;;/m0.../s1. The molecule has 1 fully saturated rings. The van der Waals surface area contributed by atoms with Crippen molar-refractivity contribution in [1.82, 2.24) is 5.32 Å². The number of ketones is 1. The van der Waals surface area contributed by atoms with Crippen LogP contribution in [0.2, 0.25) is 0 Å². The highest BCUT2D eigenvalue weighted by atomic mass is 16.7. The Bertz CT molecular complexity index is 1310. The first kappa shape index (κ1) is 24.0. The molecule has 0 aromatic heterocycles. The van der Waals surface area contributed by atoms with E-state index in [1.165, 1.54) is 0 Å². The lowest BCUT2D eigenvalue weighted by Crippen LogP contribution is -2.33. The van der Waals surface area contributed by atoms with Gasteiger partial charge in [0.05, 0.1) is 18.1 Å². The van der Waals surface area contributed by atoms with Gasteiger partial charge in [-0.25, -0.2) is 0 Å². The van der Waals surface area contributed by atoms with E-state index in [0.29, 0.717) is 17.7 Å². The number of fused-ring (bicyclic) bond motifs is 1. The molecule has 7 heteroatoms. The highest BCUT2D eigenvalue weighted by Gasteiger charge is 2.50. The minimum Gasteiger partial charge on any atom is -0.454 e. The molecule has 0 saturated heterocycles. The number of Topliss-reactive ketones (excluding diaryl/α,β-unsaturated/α-hetero) is 1. The first-order chi connectivity index (χ1) is 17.4. The van der Waals surface area contributed by atoms with Gasteiger partial charge in [0.2, 0.25) is 6.79 Å². The summed E-state index contributed by atoms with van der Waals surface area (Å²) in [6, 6.07) is 19.1. The summed E-state index contributed by atoms with van der Waals surface area (Å²) in [7, 11) is 0. The van der Waals surface area contributed by atoms with Crippen LogP contribution in [-0.2, 0) is 16.6 Å². The third kappa shape index (κ3) is 4.72. The molecule has 1 atom stereocenters. The molecule has 1 amide bonds. The largest absolute Gasteiger partial charge is 0.454 e. The minimum absolute atomic E-state index is 0. The van der Waals surface area contributed by atoms with Crippen molar-refractivity contribution in [3.63, 3.8) is 0 Å². The van der Waals surface area contributed by atoms with Crippen LogP contribution in [0.5, 0.6) is 11.5 Å². The number of ether oxygens (including phenoxy) is 2. The van der Waals surface area contributed by atoms with Gasteiger partial charge < -0.3 is 25.0 Å². The van der Waals surface area contributed by atoms with Crippen LogP contribution in [0.3, 0.4) is 0 Å². The zero-order chi connectivity index (χ0) is 25.3. The predicted molar refractivity (Wildman–Crippen MR) is 141 cm³/mol. The number of carbonyl (C=O) groups is 2. The number of hydrogen-bond acceptors (Lipinski definition) is 6. The van der Waals surface area contributed by atoms with Crippen molar-refractivity contribution in [2.75, 3.05) is 19.9 Å². The molecule has 36 heavy (non-hydrogen) atoms. The third-order valence-corrected chi connectivity index (χ3v) is 7.04. The molecular formula is C29H35NO6. The molecule has 0 spiro atoms. The van der Waals surface area contributed by atoms with E-state index in [9.17, 15) is 14.7 Å². The summed E-state index contributed by atoms with van der Waals surface area (Å²) in [6.45, 7) is 1.81. The van der Waals surface area contributed by atoms with E-state index in [4.69, 9.17) is 14.6 Å². The minimum atomic E-state index is -0.985.